The molecular formula is C26H33NO4. The van der Waals surface area contributed by atoms with Gasteiger partial charge in [0.2, 0.25) is 5.91 Å². The molecule has 1 amide bonds. The van der Waals surface area contributed by atoms with E-state index in [0.29, 0.717) is 26.2 Å². The molecule has 5 heteroatoms. The van der Waals surface area contributed by atoms with Gasteiger partial charge in [-0.25, -0.2) is 0 Å². The Kier molecular flexibility index (Phi) is 5.84. The average molecular weight is 424 g/mol. The molecule has 4 rings (SSSR count). The largest absolute Gasteiger partial charge is 0.492 e. The molecule has 1 unspecified atom stereocenters. The molecule has 2 aromatic carbocycles. The molecule has 2 aliphatic rings. The molecule has 166 valence electrons. The highest BCUT2D eigenvalue weighted by Crippen LogP contribution is 2.47. The lowest BCUT2D eigenvalue weighted by Crippen LogP contribution is -2.21. The highest BCUT2D eigenvalue weighted by molar-refractivity contribution is 5.93. The summed E-state index contributed by atoms with van der Waals surface area (Å²) in [4.78, 5) is 12.7. The van der Waals surface area contributed by atoms with Gasteiger partial charge in [0.1, 0.15) is 5.75 Å². The van der Waals surface area contributed by atoms with Crippen LogP contribution in [0.1, 0.15) is 72.8 Å². The summed E-state index contributed by atoms with van der Waals surface area (Å²) < 4.78 is 17.4. The van der Waals surface area contributed by atoms with Crippen molar-refractivity contribution in [3.8, 4) is 5.75 Å². The molecule has 1 atom stereocenters. The lowest BCUT2D eigenvalue weighted by Gasteiger charge is -2.22. The van der Waals surface area contributed by atoms with Crippen LogP contribution in [0.25, 0.3) is 0 Å². The van der Waals surface area contributed by atoms with Crippen molar-refractivity contribution in [2.75, 3.05) is 25.1 Å². The van der Waals surface area contributed by atoms with Gasteiger partial charge in [0.05, 0.1) is 19.8 Å². The minimum absolute atomic E-state index is 0.0504. The van der Waals surface area contributed by atoms with Crippen LogP contribution >= 0.6 is 0 Å². The minimum Gasteiger partial charge on any atom is -0.492 e. The van der Waals surface area contributed by atoms with E-state index >= 15 is 0 Å². The standard InChI is InChI=1S/C26H33NO4/c1-15-16(2)24-22(17(3)23(15)27-21(28)13-26(4,5)6)20(14-31-24)18-7-9-19(10-8-18)25-29-11-12-30-25/h7-10,20,25H,11-14H2,1-6H3,(H,27,28). The van der Waals surface area contributed by atoms with Crippen LogP contribution in [-0.2, 0) is 14.3 Å². The normalized spacial score (nSPS) is 18.7. The summed E-state index contributed by atoms with van der Waals surface area (Å²) in [6, 6.07) is 8.42. The molecule has 5 nitrogen and oxygen atoms in total. The first-order valence-electron chi connectivity index (χ1n) is 11.0. The molecule has 2 aromatic rings. The second-order valence-corrected chi connectivity index (χ2v) is 9.88. The number of carbonyl (C=O) groups excluding carboxylic acids is 1. The van der Waals surface area contributed by atoms with E-state index in [0.717, 1.165) is 33.7 Å². The van der Waals surface area contributed by atoms with Gasteiger partial charge in [0.15, 0.2) is 6.29 Å². The van der Waals surface area contributed by atoms with E-state index in [1.165, 1.54) is 11.1 Å². The third-order valence-electron chi connectivity index (χ3n) is 6.23. The van der Waals surface area contributed by atoms with E-state index in [-0.39, 0.29) is 23.5 Å². The Morgan fingerprint density at radius 3 is 2.19 bits per heavy atom. The zero-order valence-corrected chi connectivity index (χ0v) is 19.4. The van der Waals surface area contributed by atoms with Crippen molar-refractivity contribution in [2.24, 2.45) is 5.41 Å². The Bertz CT molecular complexity index is 982. The number of ether oxygens (including phenoxy) is 3. The molecular weight excluding hydrogens is 390 g/mol. The summed E-state index contributed by atoms with van der Waals surface area (Å²) in [6.07, 6.45) is 0.215. The summed E-state index contributed by atoms with van der Waals surface area (Å²) >= 11 is 0. The maximum atomic E-state index is 12.7. The van der Waals surface area contributed by atoms with E-state index in [4.69, 9.17) is 14.2 Å². The fourth-order valence-electron chi connectivity index (χ4n) is 4.55. The lowest BCUT2D eigenvalue weighted by molar-refractivity contribution is -0.117. The van der Waals surface area contributed by atoms with Crippen LogP contribution < -0.4 is 10.1 Å². The third kappa shape index (κ3) is 4.35. The van der Waals surface area contributed by atoms with Crippen LogP contribution in [0, 0.1) is 26.2 Å². The predicted molar refractivity (Wildman–Crippen MR) is 122 cm³/mol. The van der Waals surface area contributed by atoms with Gasteiger partial charge in [-0.3, -0.25) is 4.79 Å². The zero-order chi connectivity index (χ0) is 22.3. The maximum Gasteiger partial charge on any atom is 0.224 e. The molecule has 0 aliphatic carbocycles. The van der Waals surface area contributed by atoms with Crippen LogP contribution in [0.2, 0.25) is 0 Å². The smallest absolute Gasteiger partial charge is 0.224 e. The van der Waals surface area contributed by atoms with Gasteiger partial charge in [-0.05, 0) is 48.4 Å². The molecule has 31 heavy (non-hydrogen) atoms. The molecule has 0 saturated carbocycles. The van der Waals surface area contributed by atoms with Crippen molar-refractivity contribution in [2.45, 2.75) is 60.2 Å². The molecule has 2 heterocycles. The van der Waals surface area contributed by atoms with E-state index in [1.54, 1.807) is 0 Å². The quantitative estimate of drug-likeness (QED) is 0.700. The Hall–Kier alpha value is -2.37. The fraction of sp³-hybridized carbons (Fsp3) is 0.500. The van der Waals surface area contributed by atoms with Gasteiger partial charge >= 0.3 is 0 Å². The molecule has 2 aliphatic heterocycles. The van der Waals surface area contributed by atoms with Crippen molar-refractivity contribution < 1.29 is 19.0 Å². The number of fused-ring (bicyclic) bond motifs is 1. The van der Waals surface area contributed by atoms with Gasteiger partial charge in [-0.1, -0.05) is 45.0 Å². The van der Waals surface area contributed by atoms with E-state index in [2.05, 4.69) is 71.1 Å². The first-order valence-corrected chi connectivity index (χ1v) is 11.0. The Labute approximate surface area is 185 Å². The lowest BCUT2D eigenvalue weighted by atomic mass is 9.86. The summed E-state index contributed by atoms with van der Waals surface area (Å²) in [5.74, 6) is 1.14. The van der Waals surface area contributed by atoms with Crippen LogP contribution in [-0.4, -0.2) is 25.7 Å². The molecule has 0 spiro atoms. The van der Waals surface area contributed by atoms with Gasteiger partial charge in [-0.2, -0.15) is 0 Å². The number of hydrogen-bond acceptors (Lipinski definition) is 4. The van der Waals surface area contributed by atoms with Gasteiger partial charge in [-0.15, -0.1) is 0 Å². The predicted octanol–water partition coefficient (Wildman–Crippen LogP) is 5.56. The van der Waals surface area contributed by atoms with Crippen LogP contribution in [0.4, 0.5) is 5.69 Å². The van der Waals surface area contributed by atoms with Crippen molar-refractivity contribution in [1.29, 1.82) is 0 Å². The molecule has 1 saturated heterocycles. The summed E-state index contributed by atoms with van der Waals surface area (Å²) in [5, 5.41) is 3.20. The molecule has 1 N–H and O–H groups in total. The SMILES string of the molecule is Cc1c(C)c2c(c(C)c1NC(=O)CC(C)(C)C)C(c1ccc(C3OCCO3)cc1)CO2. The van der Waals surface area contributed by atoms with Crippen LogP contribution in [0.15, 0.2) is 24.3 Å². The van der Waals surface area contributed by atoms with Crippen molar-refractivity contribution in [1.82, 2.24) is 0 Å². The van der Waals surface area contributed by atoms with Gasteiger partial charge in [0.25, 0.3) is 0 Å². The number of anilines is 1. The average Bonchev–Trinajstić information content (AvgIpc) is 3.38. The molecule has 0 aromatic heterocycles. The number of amides is 1. The number of hydrogen-bond donors (Lipinski definition) is 1. The monoisotopic (exact) mass is 423 g/mol. The Balaban J connectivity index is 1.66. The molecule has 0 radical (unpaired) electrons. The van der Waals surface area contributed by atoms with Gasteiger partial charge < -0.3 is 19.5 Å². The summed E-state index contributed by atoms with van der Waals surface area (Å²) in [7, 11) is 0. The second kappa shape index (κ2) is 8.29. The van der Waals surface area contributed by atoms with Crippen LogP contribution in [0.3, 0.4) is 0 Å². The summed E-state index contributed by atoms with van der Waals surface area (Å²) in [6.45, 7) is 14.3. The van der Waals surface area contributed by atoms with E-state index in [1.807, 2.05) is 0 Å². The maximum absolute atomic E-state index is 12.7. The second-order valence-electron chi connectivity index (χ2n) is 9.88. The van der Waals surface area contributed by atoms with E-state index < -0.39 is 0 Å². The number of carbonyl (C=O) groups is 1. The number of rotatable bonds is 4. The molecule has 1 fully saturated rings. The topological polar surface area (TPSA) is 56.8 Å². The Morgan fingerprint density at radius 1 is 0.968 bits per heavy atom. The molecule has 0 bridgehead atoms. The first kappa shape index (κ1) is 21.8. The van der Waals surface area contributed by atoms with Crippen molar-refractivity contribution in [3.63, 3.8) is 0 Å². The Morgan fingerprint density at radius 2 is 1.58 bits per heavy atom. The van der Waals surface area contributed by atoms with E-state index in [9.17, 15) is 4.79 Å². The van der Waals surface area contributed by atoms with Crippen LogP contribution in [0.5, 0.6) is 5.75 Å². The highest BCUT2D eigenvalue weighted by atomic mass is 16.7. The first-order chi connectivity index (χ1) is 14.7. The minimum atomic E-state index is -0.266. The fourth-order valence-corrected chi connectivity index (χ4v) is 4.55. The third-order valence-corrected chi connectivity index (χ3v) is 6.23. The summed E-state index contributed by atoms with van der Waals surface area (Å²) in [5.41, 5.74) is 7.53. The van der Waals surface area contributed by atoms with Crippen molar-refractivity contribution in [3.05, 3.63) is 57.6 Å². The number of benzene rings is 2. The highest BCUT2D eigenvalue weighted by Gasteiger charge is 2.32. The van der Waals surface area contributed by atoms with Crippen molar-refractivity contribution >= 4 is 11.6 Å². The van der Waals surface area contributed by atoms with Gasteiger partial charge in [0, 0.05) is 29.2 Å². The number of nitrogens with one attached hydrogen (secondary N) is 1. The zero-order valence-electron chi connectivity index (χ0n) is 19.4.